The monoisotopic (exact) mass is 207 g/mol. The Labute approximate surface area is 71.8 Å². The molecule has 0 amide bonds. The van der Waals surface area contributed by atoms with Crippen LogP contribution in [0.5, 0.6) is 0 Å². The highest BCUT2D eigenvalue weighted by Crippen LogP contribution is 1.99. The van der Waals surface area contributed by atoms with Gasteiger partial charge in [0.25, 0.3) is 0 Å². The van der Waals surface area contributed by atoms with Gasteiger partial charge >= 0.3 is 0 Å². The van der Waals surface area contributed by atoms with Gasteiger partial charge in [-0.3, -0.25) is 0 Å². The summed E-state index contributed by atoms with van der Waals surface area (Å²) in [6.45, 7) is 0.520. The lowest BCUT2D eigenvalue weighted by Crippen LogP contribution is -2.02. The largest absolute Gasteiger partial charge is 0.330 e. The summed E-state index contributed by atoms with van der Waals surface area (Å²) in [5.74, 6) is 0.0335. The second kappa shape index (κ2) is 6.22. The van der Waals surface area contributed by atoms with Crippen molar-refractivity contribution < 1.29 is 8.42 Å². The summed E-state index contributed by atoms with van der Waals surface area (Å²) in [7, 11) is 1.62. The fourth-order valence-corrected chi connectivity index (χ4v) is 1.30. The van der Waals surface area contributed by atoms with Crippen LogP contribution in [0.2, 0.25) is 0 Å². The molecule has 0 fully saturated rings. The average molecular weight is 208 g/mol. The number of unbranched alkanes of at least 4 members (excludes halogenated alkanes) is 1. The topological polar surface area (TPSA) is 60.2 Å². The van der Waals surface area contributed by atoms with Gasteiger partial charge < -0.3 is 5.73 Å². The Balaban J connectivity index is 0. The third kappa shape index (κ3) is 11.3. The molecule has 0 unspecified atom stereocenters. The van der Waals surface area contributed by atoms with Crippen molar-refractivity contribution in [3.8, 4) is 0 Å². The Morgan fingerprint density at radius 1 is 1.30 bits per heavy atom. The summed E-state index contributed by atoms with van der Waals surface area (Å²) >= 11 is 0. The van der Waals surface area contributed by atoms with Crippen molar-refractivity contribution in [1.82, 2.24) is 0 Å². The maximum Gasteiger partial charge on any atom is 0.232 e. The van der Waals surface area contributed by atoms with Gasteiger partial charge in [0.1, 0.15) is 0 Å². The molecule has 0 atom stereocenters. The molecule has 0 saturated heterocycles. The fourth-order valence-electron chi connectivity index (χ4n) is 0.419. The van der Waals surface area contributed by atoms with Crippen molar-refractivity contribution in [3.63, 3.8) is 0 Å². The van der Waals surface area contributed by atoms with Crippen LogP contribution >= 0.6 is 23.1 Å². The molecule has 0 aromatic rings. The van der Waals surface area contributed by atoms with Crippen LogP contribution in [0.1, 0.15) is 12.8 Å². The van der Waals surface area contributed by atoms with E-state index in [0.717, 1.165) is 0 Å². The molecular weight excluding hydrogens is 197 g/mol. The Kier molecular flexibility index (Phi) is 8.15. The lowest BCUT2D eigenvalue weighted by Gasteiger charge is -1.92. The lowest BCUT2D eigenvalue weighted by atomic mass is 10.3. The van der Waals surface area contributed by atoms with Crippen molar-refractivity contribution in [3.05, 3.63) is 0 Å². The van der Waals surface area contributed by atoms with Crippen molar-refractivity contribution in [1.29, 1.82) is 0 Å². The van der Waals surface area contributed by atoms with Crippen molar-refractivity contribution in [2.24, 2.45) is 5.73 Å². The van der Waals surface area contributed by atoms with E-state index in [9.17, 15) is 8.42 Å². The minimum atomic E-state index is -3.28. The van der Waals surface area contributed by atoms with Crippen LogP contribution in [0.15, 0.2) is 0 Å². The summed E-state index contributed by atoms with van der Waals surface area (Å²) in [6.07, 6.45) is 1.27. The van der Waals surface area contributed by atoms with Gasteiger partial charge in [-0.2, -0.15) is 0 Å². The minimum Gasteiger partial charge on any atom is -0.330 e. The Hall–Kier alpha value is 0.490. The summed E-state index contributed by atoms with van der Waals surface area (Å²) in [5.41, 5.74) is 5.12. The molecule has 0 aliphatic heterocycles. The Morgan fingerprint density at radius 2 is 1.80 bits per heavy atom. The van der Waals surface area contributed by atoms with Gasteiger partial charge in [0.15, 0.2) is 0 Å². The first kappa shape index (κ1) is 13.1. The molecule has 0 aromatic heterocycles. The van der Waals surface area contributed by atoms with E-state index in [-0.39, 0.29) is 18.2 Å². The molecule has 0 aromatic carbocycles. The van der Waals surface area contributed by atoms with Crippen LogP contribution in [0.3, 0.4) is 0 Å². The van der Waals surface area contributed by atoms with E-state index in [0.29, 0.717) is 19.4 Å². The summed E-state index contributed by atoms with van der Waals surface area (Å²) < 4.78 is 20.5. The number of hydrogen-bond donors (Lipinski definition) is 1. The molecule has 0 radical (unpaired) electrons. The Bertz CT molecular complexity index is 157. The van der Waals surface area contributed by atoms with Gasteiger partial charge in [-0.25, -0.2) is 8.42 Å². The van der Waals surface area contributed by atoms with E-state index in [1.807, 2.05) is 0 Å². The summed E-state index contributed by atoms with van der Waals surface area (Å²) in [4.78, 5) is 0. The third-order valence-electron chi connectivity index (χ3n) is 0.842. The van der Waals surface area contributed by atoms with Gasteiger partial charge in [-0.05, 0) is 19.4 Å². The predicted molar refractivity (Wildman–Crippen MR) is 45.2 cm³/mol. The maximum absolute atomic E-state index is 10.2. The highest BCUT2D eigenvalue weighted by atomic mass is 35.7. The molecule has 0 aliphatic carbocycles. The smallest absolute Gasteiger partial charge is 0.232 e. The molecule has 0 saturated carbocycles. The van der Waals surface area contributed by atoms with Crippen molar-refractivity contribution in [2.45, 2.75) is 12.8 Å². The summed E-state index contributed by atoms with van der Waals surface area (Å²) in [6, 6.07) is 0. The van der Waals surface area contributed by atoms with Gasteiger partial charge in [-0.15, -0.1) is 12.4 Å². The van der Waals surface area contributed by atoms with Crippen LogP contribution in [-0.4, -0.2) is 20.7 Å². The molecule has 0 heterocycles. The predicted octanol–water partition coefficient (Wildman–Crippen LogP) is 0.716. The normalized spacial score (nSPS) is 10.6. The second-order valence-electron chi connectivity index (χ2n) is 1.74. The third-order valence-corrected chi connectivity index (χ3v) is 2.08. The molecule has 3 nitrogen and oxygen atoms in total. The van der Waals surface area contributed by atoms with E-state index in [1.54, 1.807) is 0 Å². The number of rotatable bonds is 4. The van der Waals surface area contributed by atoms with E-state index in [1.165, 1.54) is 0 Å². The number of nitrogens with two attached hydrogens (primary N) is 1. The molecule has 0 spiro atoms. The SMILES string of the molecule is Cl.NCCCCS(=O)(=O)Cl. The van der Waals surface area contributed by atoms with Gasteiger partial charge in [0, 0.05) is 10.7 Å². The van der Waals surface area contributed by atoms with Gasteiger partial charge in [0.2, 0.25) is 9.05 Å². The zero-order chi connectivity index (χ0) is 7.33. The fraction of sp³-hybridized carbons (Fsp3) is 1.00. The van der Waals surface area contributed by atoms with Crippen LogP contribution in [0, 0.1) is 0 Å². The molecule has 0 bridgehead atoms. The summed E-state index contributed by atoms with van der Waals surface area (Å²) in [5, 5.41) is 0. The molecule has 6 heteroatoms. The number of hydrogen-bond acceptors (Lipinski definition) is 3. The molecule has 0 rings (SSSR count). The molecule has 64 valence electrons. The molecule has 0 aliphatic rings. The molecule has 2 N–H and O–H groups in total. The zero-order valence-corrected chi connectivity index (χ0v) is 7.81. The second-order valence-corrected chi connectivity index (χ2v) is 4.64. The van der Waals surface area contributed by atoms with Gasteiger partial charge in [-0.1, -0.05) is 0 Å². The van der Waals surface area contributed by atoms with Crippen molar-refractivity contribution >= 4 is 32.1 Å². The Morgan fingerprint density at radius 3 is 2.10 bits per heavy atom. The quantitative estimate of drug-likeness (QED) is 0.546. The first-order valence-electron chi connectivity index (χ1n) is 2.68. The van der Waals surface area contributed by atoms with Gasteiger partial charge in [0.05, 0.1) is 5.75 Å². The molecular formula is C4H11Cl2NO2S. The standard InChI is InChI=1S/C4H10ClNO2S.ClH/c5-9(7,8)4-2-1-3-6;/h1-4,6H2;1H. The first-order valence-corrected chi connectivity index (χ1v) is 5.16. The first-order chi connectivity index (χ1) is 4.06. The van der Waals surface area contributed by atoms with Crippen LogP contribution in [-0.2, 0) is 9.05 Å². The zero-order valence-electron chi connectivity index (χ0n) is 5.42. The highest BCUT2D eigenvalue weighted by Gasteiger charge is 2.02. The highest BCUT2D eigenvalue weighted by molar-refractivity contribution is 8.13. The minimum absolute atomic E-state index is 0. The molecule has 10 heavy (non-hydrogen) atoms. The average Bonchev–Trinajstić information content (AvgIpc) is 1.63. The van der Waals surface area contributed by atoms with E-state index in [2.05, 4.69) is 0 Å². The van der Waals surface area contributed by atoms with E-state index in [4.69, 9.17) is 16.4 Å². The van der Waals surface area contributed by atoms with E-state index >= 15 is 0 Å². The van der Waals surface area contributed by atoms with Crippen LogP contribution in [0.4, 0.5) is 0 Å². The number of halogens is 2. The van der Waals surface area contributed by atoms with Crippen LogP contribution in [0.25, 0.3) is 0 Å². The van der Waals surface area contributed by atoms with E-state index < -0.39 is 9.05 Å². The van der Waals surface area contributed by atoms with Crippen molar-refractivity contribution in [2.75, 3.05) is 12.3 Å². The maximum atomic E-state index is 10.2. The van der Waals surface area contributed by atoms with Crippen LogP contribution < -0.4 is 5.73 Å². The lowest BCUT2D eigenvalue weighted by molar-refractivity contribution is 0.605.